The molecule has 0 bridgehead atoms. The van der Waals surface area contributed by atoms with Crippen LogP contribution in [0.2, 0.25) is 0 Å². The van der Waals surface area contributed by atoms with Crippen molar-refractivity contribution < 1.29 is 4.79 Å². The summed E-state index contributed by atoms with van der Waals surface area (Å²) in [6.45, 7) is 4.83. The summed E-state index contributed by atoms with van der Waals surface area (Å²) in [5.74, 6) is -0.0821. The SMILES string of the molecule is CSC(C)(C)CNC(=O)c1cc(N)cn1C. The van der Waals surface area contributed by atoms with E-state index in [0.29, 0.717) is 17.9 Å². The molecule has 0 aliphatic heterocycles. The summed E-state index contributed by atoms with van der Waals surface area (Å²) < 4.78 is 1.78. The van der Waals surface area contributed by atoms with Gasteiger partial charge in [0.05, 0.1) is 5.69 Å². The van der Waals surface area contributed by atoms with E-state index < -0.39 is 0 Å². The van der Waals surface area contributed by atoms with Gasteiger partial charge in [0.15, 0.2) is 0 Å². The minimum Gasteiger partial charge on any atom is -0.397 e. The van der Waals surface area contributed by atoms with Crippen molar-refractivity contribution in [1.29, 1.82) is 0 Å². The fourth-order valence-corrected chi connectivity index (χ4v) is 1.49. The normalized spacial score (nSPS) is 11.5. The minimum atomic E-state index is -0.0821. The number of nitrogens with two attached hydrogens (primary N) is 1. The van der Waals surface area contributed by atoms with Crippen molar-refractivity contribution in [3.8, 4) is 0 Å². The Bertz CT molecular complexity index is 385. The zero-order chi connectivity index (χ0) is 12.3. The van der Waals surface area contributed by atoms with Crippen molar-refractivity contribution in [1.82, 2.24) is 9.88 Å². The van der Waals surface area contributed by atoms with Gasteiger partial charge in [0.1, 0.15) is 5.69 Å². The maximum Gasteiger partial charge on any atom is 0.268 e. The summed E-state index contributed by atoms with van der Waals surface area (Å²) >= 11 is 1.73. The first-order chi connectivity index (χ1) is 7.35. The van der Waals surface area contributed by atoms with Gasteiger partial charge < -0.3 is 15.6 Å². The highest BCUT2D eigenvalue weighted by Gasteiger charge is 2.18. The molecule has 90 valence electrons. The standard InChI is InChI=1S/C11H19N3OS/c1-11(2,16-4)7-13-10(15)9-5-8(12)6-14(9)3/h5-6H,7,12H2,1-4H3,(H,13,15). The Morgan fingerprint density at radius 2 is 2.25 bits per heavy atom. The van der Waals surface area contributed by atoms with Crippen LogP contribution in [0.5, 0.6) is 0 Å². The summed E-state index contributed by atoms with van der Waals surface area (Å²) in [5, 5.41) is 2.91. The van der Waals surface area contributed by atoms with Crippen molar-refractivity contribution in [3.05, 3.63) is 18.0 Å². The summed E-state index contributed by atoms with van der Waals surface area (Å²) in [6, 6.07) is 1.68. The molecule has 1 heterocycles. The third-order valence-electron chi connectivity index (χ3n) is 2.49. The van der Waals surface area contributed by atoms with Gasteiger partial charge in [-0.2, -0.15) is 11.8 Å². The lowest BCUT2D eigenvalue weighted by molar-refractivity contribution is 0.0942. The van der Waals surface area contributed by atoms with E-state index in [0.717, 1.165) is 0 Å². The van der Waals surface area contributed by atoms with Crippen molar-refractivity contribution in [3.63, 3.8) is 0 Å². The lowest BCUT2D eigenvalue weighted by Crippen LogP contribution is -2.36. The number of nitrogens with zero attached hydrogens (tertiary/aromatic N) is 1. The van der Waals surface area contributed by atoms with E-state index in [1.807, 2.05) is 13.3 Å². The lowest BCUT2D eigenvalue weighted by atomic mass is 10.2. The van der Waals surface area contributed by atoms with Gasteiger partial charge in [0, 0.05) is 24.5 Å². The van der Waals surface area contributed by atoms with Crippen LogP contribution in [0.1, 0.15) is 24.3 Å². The fourth-order valence-electron chi connectivity index (χ4n) is 1.27. The highest BCUT2D eigenvalue weighted by atomic mass is 32.2. The first-order valence-corrected chi connectivity index (χ1v) is 6.33. The van der Waals surface area contributed by atoms with Gasteiger partial charge in [0.25, 0.3) is 5.91 Å². The molecule has 1 aromatic rings. The molecule has 1 aromatic heterocycles. The molecular formula is C11H19N3OS. The number of hydrogen-bond acceptors (Lipinski definition) is 3. The Morgan fingerprint density at radius 3 is 2.69 bits per heavy atom. The molecule has 0 fully saturated rings. The molecule has 0 aromatic carbocycles. The van der Waals surface area contributed by atoms with E-state index >= 15 is 0 Å². The number of thioether (sulfide) groups is 1. The van der Waals surface area contributed by atoms with Crippen LogP contribution in [-0.2, 0) is 7.05 Å². The van der Waals surface area contributed by atoms with E-state index in [9.17, 15) is 4.79 Å². The second-order valence-electron chi connectivity index (χ2n) is 4.42. The Morgan fingerprint density at radius 1 is 1.62 bits per heavy atom. The predicted octanol–water partition coefficient (Wildman–Crippen LogP) is 1.48. The van der Waals surface area contributed by atoms with E-state index in [1.165, 1.54) is 0 Å². The van der Waals surface area contributed by atoms with Crippen LogP contribution in [-0.4, -0.2) is 28.0 Å². The smallest absolute Gasteiger partial charge is 0.268 e. The third kappa shape index (κ3) is 3.20. The first kappa shape index (κ1) is 13.0. The largest absolute Gasteiger partial charge is 0.397 e. The van der Waals surface area contributed by atoms with Crippen LogP contribution in [0.25, 0.3) is 0 Å². The van der Waals surface area contributed by atoms with Gasteiger partial charge >= 0.3 is 0 Å². The summed E-state index contributed by atoms with van der Waals surface area (Å²) in [4.78, 5) is 11.8. The van der Waals surface area contributed by atoms with Crippen molar-refractivity contribution in [2.24, 2.45) is 7.05 Å². The molecule has 0 aliphatic rings. The van der Waals surface area contributed by atoms with Crippen LogP contribution in [0.15, 0.2) is 12.3 Å². The molecule has 0 radical (unpaired) electrons. The molecule has 0 aliphatic carbocycles. The zero-order valence-corrected chi connectivity index (χ0v) is 11.0. The maximum atomic E-state index is 11.8. The van der Waals surface area contributed by atoms with Crippen molar-refractivity contribution in [2.45, 2.75) is 18.6 Å². The Kier molecular flexibility index (Phi) is 3.91. The molecule has 1 rings (SSSR count). The molecule has 0 atom stereocenters. The number of aryl methyl sites for hydroxylation is 1. The Hall–Kier alpha value is -1.10. The molecule has 4 nitrogen and oxygen atoms in total. The predicted molar refractivity (Wildman–Crippen MR) is 69.8 cm³/mol. The highest BCUT2D eigenvalue weighted by molar-refractivity contribution is 7.99. The number of nitrogen functional groups attached to an aromatic ring is 1. The first-order valence-electron chi connectivity index (χ1n) is 5.11. The van der Waals surface area contributed by atoms with Gasteiger partial charge in [-0.15, -0.1) is 0 Å². The Labute approximate surface area is 101 Å². The van der Waals surface area contributed by atoms with Gasteiger partial charge in [-0.1, -0.05) is 0 Å². The van der Waals surface area contributed by atoms with E-state index in [2.05, 4.69) is 19.2 Å². The quantitative estimate of drug-likeness (QED) is 0.839. The van der Waals surface area contributed by atoms with Gasteiger partial charge in [-0.25, -0.2) is 0 Å². The van der Waals surface area contributed by atoms with Crippen molar-refractivity contribution in [2.75, 3.05) is 18.5 Å². The number of nitrogens with one attached hydrogen (secondary N) is 1. The highest BCUT2D eigenvalue weighted by Crippen LogP contribution is 2.19. The third-order valence-corrected chi connectivity index (χ3v) is 3.74. The molecular weight excluding hydrogens is 222 g/mol. The second kappa shape index (κ2) is 4.82. The fraction of sp³-hybridized carbons (Fsp3) is 0.545. The molecule has 0 unspecified atom stereocenters. The minimum absolute atomic E-state index is 0.0480. The average Bonchev–Trinajstić information content (AvgIpc) is 2.54. The zero-order valence-electron chi connectivity index (χ0n) is 10.2. The van der Waals surface area contributed by atoms with Gasteiger partial charge in [0.2, 0.25) is 0 Å². The Balaban J connectivity index is 2.63. The molecule has 0 saturated carbocycles. The number of hydrogen-bond donors (Lipinski definition) is 2. The van der Waals surface area contributed by atoms with Crippen LogP contribution in [0.4, 0.5) is 5.69 Å². The molecule has 0 saturated heterocycles. The average molecular weight is 241 g/mol. The van der Waals surface area contributed by atoms with Gasteiger partial charge in [-0.3, -0.25) is 4.79 Å². The molecule has 0 spiro atoms. The summed E-state index contributed by atoms with van der Waals surface area (Å²) in [6.07, 6.45) is 3.77. The number of rotatable bonds is 4. The van der Waals surface area contributed by atoms with E-state index in [4.69, 9.17) is 5.73 Å². The van der Waals surface area contributed by atoms with Crippen LogP contribution >= 0.6 is 11.8 Å². The van der Waals surface area contributed by atoms with Crippen LogP contribution in [0, 0.1) is 0 Å². The second-order valence-corrected chi connectivity index (χ2v) is 5.93. The monoisotopic (exact) mass is 241 g/mol. The summed E-state index contributed by atoms with van der Waals surface area (Å²) in [7, 11) is 1.81. The molecule has 3 N–H and O–H groups in total. The van der Waals surface area contributed by atoms with E-state index in [1.54, 1.807) is 28.6 Å². The number of anilines is 1. The topological polar surface area (TPSA) is 60.1 Å². The number of amides is 1. The number of aromatic nitrogens is 1. The number of carbonyl (C=O) groups excluding carboxylic acids is 1. The van der Waals surface area contributed by atoms with Crippen molar-refractivity contribution >= 4 is 23.4 Å². The van der Waals surface area contributed by atoms with Crippen LogP contribution < -0.4 is 11.1 Å². The molecule has 5 heteroatoms. The molecule has 16 heavy (non-hydrogen) atoms. The number of carbonyl (C=O) groups is 1. The summed E-state index contributed by atoms with van der Waals surface area (Å²) in [5.41, 5.74) is 6.82. The van der Waals surface area contributed by atoms with E-state index in [-0.39, 0.29) is 10.7 Å². The van der Waals surface area contributed by atoms with Gasteiger partial charge in [-0.05, 0) is 26.2 Å². The lowest BCUT2D eigenvalue weighted by Gasteiger charge is -2.22. The molecule has 1 amide bonds. The maximum absolute atomic E-state index is 11.8. The van der Waals surface area contributed by atoms with Crippen LogP contribution in [0.3, 0.4) is 0 Å².